The Hall–Kier alpha value is -5.53. The van der Waals surface area contributed by atoms with Crippen molar-refractivity contribution in [2.24, 2.45) is 0 Å². The van der Waals surface area contributed by atoms with Gasteiger partial charge in [0.1, 0.15) is 5.82 Å². The molecule has 3 aromatic rings. The van der Waals surface area contributed by atoms with Crippen LogP contribution in [0.15, 0.2) is 66.7 Å². The highest BCUT2D eigenvalue weighted by Gasteiger charge is 2.44. The van der Waals surface area contributed by atoms with Crippen LogP contribution in [0, 0.1) is 15.9 Å². The molecule has 0 radical (unpaired) electrons. The molecule has 2 unspecified atom stereocenters. The molecule has 2 N–H and O–H groups in total. The number of non-ortho nitro benzene ring substituents is 1. The van der Waals surface area contributed by atoms with Crippen molar-refractivity contribution in [2.45, 2.75) is 18.6 Å². The van der Waals surface area contributed by atoms with Crippen molar-refractivity contribution in [3.05, 3.63) is 99.4 Å². The summed E-state index contributed by atoms with van der Waals surface area (Å²) in [5.74, 6) is -3.29. The van der Waals surface area contributed by atoms with E-state index < -0.39 is 53.1 Å². The van der Waals surface area contributed by atoms with Gasteiger partial charge in [0.05, 0.1) is 17.4 Å². The third kappa shape index (κ3) is 5.68. The average molecular weight is 579 g/mol. The molecule has 3 aromatic carbocycles. The van der Waals surface area contributed by atoms with Crippen molar-refractivity contribution in [1.29, 1.82) is 0 Å². The fraction of sp³-hybridized carbons (Fsp3) is 0.214. The predicted molar refractivity (Wildman–Crippen MR) is 141 cm³/mol. The summed E-state index contributed by atoms with van der Waals surface area (Å²) < 4.78 is 24.1. The van der Waals surface area contributed by atoms with Gasteiger partial charge in [-0.1, -0.05) is 12.1 Å². The number of hydrogen-bond acceptors (Lipinski definition) is 8. The second-order valence-corrected chi connectivity index (χ2v) is 9.46. The van der Waals surface area contributed by atoms with Gasteiger partial charge in [0.25, 0.3) is 23.4 Å². The van der Waals surface area contributed by atoms with Gasteiger partial charge in [-0.05, 0) is 48.0 Å². The van der Waals surface area contributed by atoms with Gasteiger partial charge in [-0.3, -0.25) is 29.3 Å². The SMILES string of the molecule is O=C(O)CC(NC(=O)C1N(C(=O)c2ccc(F)cc2)CCN1C(=O)c1ccc2c(c1)OCO2)c1cccc([N+](=O)[O-])c1. The smallest absolute Gasteiger partial charge is 0.305 e. The molecular weight excluding hydrogens is 555 g/mol. The molecule has 13 nitrogen and oxygen atoms in total. The Morgan fingerprint density at radius 3 is 2.26 bits per heavy atom. The van der Waals surface area contributed by atoms with Crippen LogP contribution in [-0.4, -0.2) is 69.6 Å². The maximum Gasteiger partial charge on any atom is 0.305 e. The lowest BCUT2D eigenvalue weighted by Crippen LogP contribution is -2.54. The van der Waals surface area contributed by atoms with E-state index in [1.807, 2.05) is 0 Å². The minimum absolute atomic E-state index is 0.0235. The zero-order valence-corrected chi connectivity index (χ0v) is 21.8. The van der Waals surface area contributed by atoms with E-state index in [1.54, 1.807) is 0 Å². The minimum atomic E-state index is -1.53. The lowest BCUT2D eigenvalue weighted by molar-refractivity contribution is -0.384. The van der Waals surface area contributed by atoms with Gasteiger partial charge in [-0.25, -0.2) is 4.39 Å². The summed E-state index contributed by atoms with van der Waals surface area (Å²) in [6.07, 6.45) is -2.17. The molecule has 1 saturated heterocycles. The van der Waals surface area contributed by atoms with Crippen molar-refractivity contribution < 1.29 is 43.1 Å². The lowest BCUT2D eigenvalue weighted by atomic mass is 10.0. The molecule has 5 rings (SSSR count). The van der Waals surface area contributed by atoms with Gasteiger partial charge in [0.2, 0.25) is 6.79 Å². The van der Waals surface area contributed by atoms with Crippen molar-refractivity contribution in [3.8, 4) is 11.5 Å². The predicted octanol–water partition coefficient (Wildman–Crippen LogP) is 2.72. The van der Waals surface area contributed by atoms with Gasteiger partial charge in [-0.2, -0.15) is 0 Å². The fourth-order valence-electron chi connectivity index (χ4n) is 4.82. The minimum Gasteiger partial charge on any atom is -0.481 e. The Bertz CT molecular complexity index is 1580. The van der Waals surface area contributed by atoms with Crippen LogP contribution in [0.5, 0.6) is 11.5 Å². The van der Waals surface area contributed by atoms with Crippen molar-refractivity contribution >= 4 is 29.4 Å². The number of carbonyl (C=O) groups excluding carboxylic acids is 3. The first-order valence-electron chi connectivity index (χ1n) is 12.7. The first-order chi connectivity index (χ1) is 20.1. The van der Waals surface area contributed by atoms with Gasteiger partial charge in [-0.15, -0.1) is 0 Å². The largest absolute Gasteiger partial charge is 0.481 e. The maximum atomic E-state index is 13.8. The van der Waals surface area contributed by atoms with Gasteiger partial charge < -0.3 is 29.7 Å². The van der Waals surface area contributed by atoms with Crippen LogP contribution in [0.1, 0.15) is 38.7 Å². The number of amides is 3. The standard InChI is InChI=1S/C28H23FN4O9/c29-19-7-4-16(5-8-19)27(37)31-10-11-32(28(38)18-6-9-22-23(13-18)42-15-41-22)26(31)25(36)30-21(14-24(34)35)17-2-1-3-20(12-17)33(39)40/h1-9,12-13,21,26H,10-11,14-15H2,(H,30,36)(H,34,35). The third-order valence-electron chi connectivity index (χ3n) is 6.82. The number of ether oxygens (including phenoxy) is 2. The number of nitrogens with zero attached hydrogens (tertiary/aromatic N) is 3. The van der Waals surface area contributed by atoms with Crippen LogP contribution in [0.3, 0.4) is 0 Å². The van der Waals surface area contributed by atoms with Crippen LogP contribution in [0.25, 0.3) is 0 Å². The molecule has 216 valence electrons. The van der Waals surface area contributed by atoms with Gasteiger partial charge in [0.15, 0.2) is 17.7 Å². The van der Waals surface area contributed by atoms with Crippen molar-refractivity contribution in [1.82, 2.24) is 15.1 Å². The zero-order chi connectivity index (χ0) is 30.0. The molecule has 0 saturated carbocycles. The van der Waals surface area contributed by atoms with E-state index in [0.717, 1.165) is 28.0 Å². The molecule has 2 heterocycles. The van der Waals surface area contributed by atoms with Crippen LogP contribution in [-0.2, 0) is 9.59 Å². The van der Waals surface area contributed by atoms with Crippen LogP contribution in [0.4, 0.5) is 10.1 Å². The lowest BCUT2D eigenvalue weighted by Gasteiger charge is -2.31. The first kappa shape index (κ1) is 28.0. The number of fused-ring (bicyclic) bond motifs is 1. The van der Waals surface area contributed by atoms with E-state index in [2.05, 4.69) is 5.32 Å². The summed E-state index contributed by atoms with van der Waals surface area (Å²) in [6.45, 7) is -0.145. The Balaban J connectivity index is 1.49. The molecule has 2 atom stereocenters. The number of aliphatic carboxylic acids is 1. The molecule has 42 heavy (non-hydrogen) atoms. The van der Waals surface area contributed by atoms with Crippen molar-refractivity contribution in [3.63, 3.8) is 0 Å². The highest BCUT2D eigenvalue weighted by Crippen LogP contribution is 2.33. The Morgan fingerprint density at radius 2 is 1.60 bits per heavy atom. The van der Waals surface area contributed by atoms with Crippen LogP contribution < -0.4 is 14.8 Å². The van der Waals surface area contributed by atoms with E-state index in [9.17, 15) is 38.8 Å². The molecule has 3 amide bonds. The maximum absolute atomic E-state index is 13.8. The normalized spacial score (nSPS) is 16.2. The monoisotopic (exact) mass is 578 g/mol. The average Bonchev–Trinajstić information content (AvgIpc) is 3.63. The van der Waals surface area contributed by atoms with Crippen LogP contribution >= 0.6 is 0 Å². The third-order valence-corrected chi connectivity index (χ3v) is 6.82. The molecule has 0 spiro atoms. The number of carboxylic acids is 1. The number of nitro benzene ring substituents is 1. The fourth-order valence-corrected chi connectivity index (χ4v) is 4.82. The van der Waals surface area contributed by atoms with E-state index in [1.165, 1.54) is 48.5 Å². The zero-order valence-electron chi connectivity index (χ0n) is 21.8. The second-order valence-electron chi connectivity index (χ2n) is 9.46. The molecule has 2 aliphatic rings. The summed E-state index contributed by atoms with van der Waals surface area (Å²) in [4.78, 5) is 65.5. The van der Waals surface area contributed by atoms with E-state index in [4.69, 9.17) is 9.47 Å². The number of carbonyl (C=O) groups is 4. The topological polar surface area (TPSA) is 169 Å². The van der Waals surface area contributed by atoms with E-state index >= 15 is 0 Å². The molecule has 2 aliphatic heterocycles. The van der Waals surface area contributed by atoms with Crippen LogP contribution in [0.2, 0.25) is 0 Å². The number of nitrogens with one attached hydrogen (secondary N) is 1. The van der Waals surface area contributed by atoms with E-state index in [0.29, 0.717) is 11.5 Å². The highest BCUT2D eigenvalue weighted by molar-refractivity contribution is 6.02. The quantitative estimate of drug-likeness (QED) is 0.302. The first-order valence-corrected chi connectivity index (χ1v) is 12.7. The molecule has 1 fully saturated rings. The van der Waals surface area contributed by atoms with Gasteiger partial charge >= 0.3 is 5.97 Å². The number of hydrogen-bond donors (Lipinski definition) is 2. The Kier molecular flexibility index (Phi) is 7.69. The van der Waals surface area contributed by atoms with Gasteiger partial charge in [0, 0.05) is 36.3 Å². The summed E-state index contributed by atoms with van der Waals surface area (Å²) in [5.41, 5.74) is 0.0370. The Labute approximate surface area is 237 Å². The molecule has 0 aliphatic carbocycles. The summed E-state index contributed by atoms with van der Waals surface area (Å²) in [5, 5.41) is 23.4. The number of halogens is 1. The number of nitro groups is 1. The molecule has 0 bridgehead atoms. The molecule has 0 aromatic heterocycles. The Morgan fingerprint density at radius 1 is 0.952 bits per heavy atom. The summed E-state index contributed by atoms with van der Waals surface area (Å²) in [6, 6.07) is 13.0. The second kappa shape index (κ2) is 11.5. The summed E-state index contributed by atoms with van der Waals surface area (Å²) in [7, 11) is 0. The number of rotatable bonds is 8. The molecule has 14 heteroatoms. The number of carboxylic acid groups (broad SMARTS) is 1. The highest BCUT2D eigenvalue weighted by atomic mass is 19.1. The van der Waals surface area contributed by atoms with Crippen molar-refractivity contribution in [2.75, 3.05) is 19.9 Å². The van der Waals surface area contributed by atoms with E-state index in [-0.39, 0.29) is 42.3 Å². The summed E-state index contributed by atoms with van der Waals surface area (Å²) >= 11 is 0. The number of benzene rings is 3. The molecular formula is C28H23FN4O9.